The average molecular weight is 294 g/mol. The minimum Gasteiger partial charge on any atom is -0.289 e. The molecule has 0 fully saturated rings. The predicted octanol–water partition coefficient (Wildman–Crippen LogP) is 4.74. The minimum absolute atomic E-state index is 0.0827. The molecule has 2 aromatic carbocycles. The van der Waals surface area contributed by atoms with Gasteiger partial charge >= 0.3 is 6.18 Å². The van der Waals surface area contributed by atoms with E-state index in [1.807, 2.05) is 0 Å². The summed E-state index contributed by atoms with van der Waals surface area (Å²) in [6.45, 7) is 0. The van der Waals surface area contributed by atoms with Gasteiger partial charge < -0.3 is 0 Å². The van der Waals surface area contributed by atoms with Crippen LogP contribution in [0, 0.1) is 5.82 Å². The van der Waals surface area contributed by atoms with Crippen molar-refractivity contribution in [3.05, 3.63) is 77.1 Å². The Morgan fingerprint density at radius 2 is 1.57 bits per heavy atom. The summed E-state index contributed by atoms with van der Waals surface area (Å²) in [5.74, 6) is -1.19. The van der Waals surface area contributed by atoms with Crippen molar-refractivity contribution in [3.8, 4) is 0 Å². The highest BCUT2D eigenvalue weighted by atomic mass is 19.4. The van der Waals surface area contributed by atoms with Gasteiger partial charge in [0.25, 0.3) is 0 Å². The number of hydrogen-bond donors (Lipinski definition) is 0. The van der Waals surface area contributed by atoms with Crippen molar-refractivity contribution in [2.75, 3.05) is 0 Å². The Hall–Kier alpha value is -2.43. The van der Waals surface area contributed by atoms with Crippen LogP contribution in [-0.2, 0) is 6.18 Å². The summed E-state index contributed by atoms with van der Waals surface area (Å²) in [7, 11) is 0. The van der Waals surface area contributed by atoms with E-state index >= 15 is 0 Å². The molecule has 2 aromatic rings. The second-order valence-corrected chi connectivity index (χ2v) is 4.30. The largest absolute Gasteiger partial charge is 0.416 e. The van der Waals surface area contributed by atoms with E-state index in [2.05, 4.69) is 0 Å². The number of alkyl halides is 3. The van der Waals surface area contributed by atoms with Crippen LogP contribution in [0.3, 0.4) is 0 Å². The van der Waals surface area contributed by atoms with Gasteiger partial charge in [-0.3, -0.25) is 4.79 Å². The van der Waals surface area contributed by atoms with Crippen molar-refractivity contribution < 1.29 is 22.4 Å². The van der Waals surface area contributed by atoms with E-state index in [-0.39, 0.29) is 5.56 Å². The molecule has 21 heavy (non-hydrogen) atoms. The number of benzene rings is 2. The lowest BCUT2D eigenvalue weighted by atomic mass is 10.1. The van der Waals surface area contributed by atoms with E-state index in [0.717, 1.165) is 18.2 Å². The number of carbonyl (C=O) groups excluding carboxylic acids is 1. The molecule has 0 aliphatic heterocycles. The standard InChI is InChI=1S/C16H10F4O/c17-14-4-2-1-3-13(14)15(21)10-7-11-5-8-12(9-6-11)16(18,19)20/h1-10H/b10-7+. The first-order valence-corrected chi connectivity index (χ1v) is 6.02. The zero-order valence-corrected chi connectivity index (χ0v) is 10.7. The molecule has 1 nitrogen and oxygen atoms in total. The first-order chi connectivity index (χ1) is 9.88. The monoisotopic (exact) mass is 294 g/mol. The summed E-state index contributed by atoms with van der Waals surface area (Å²) in [5.41, 5.74) is -0.423. The lowest BCUT2D eigenvalue weighted by molar-refractivity contribution is -0.137. The van der Waals surface area contributed by atoms with Crippen molar-refractivity contribution in [1.82, 2.24) is 0 Å². The number of allylic oxidation sites excluding steroid dienone is 1. The van der Waals surface area contributed by atoms with E-state index in [0.29, 0.717) is 5.56 Å². The highest BCUT2D eigenvalue weighted by Crippen LogP contribution is 2.29. The lowest BCUT2D eigenvalue weighted by Crippen LogP contribution is -2.04. The number of rotatable bonds is 3. The molecule has 0 heterocycles. The normalized spacial score (nSPS) is 11.8. The molecular formula is C16H10F4O. The number of halogens is 4. The fourth-order valence-electron chi connectivity index (χ4n) is 1.71. The predicted molar refractivity (Wildman–Crippen MR) is 71.2 cm³/mol. The molecule has 0 bridgehead atoms. The first-order valence-electron chi connectivity index (χ1n) is 6.02. The maximum atomic E-state index is 13.4. The SMILES string of the molecule is O=C(/C=C/c1ccc(C(F)(F)F)cc1)c1ccccc1F. The second-order valence-electron chi connectivity index (χ2n) is 4.30. The molecule has 0 unspecified atom stereocenters. The summed E-state index contributed by atoms with van der Waals surface area (Å²) in [6.07, 6.45) is -1.93. The van der Waals surface area contributed by atoms with E-state index in [1.165, 1.54) is 42.5 Å². The molecule has 0 amide bonds. The quantitative estimate of drug-likeness (QED) is 0.454. The molecular weight excluding hydrogens is 284 g/mol. The molecule has 0 spiro atoms. The highest BCUT2D eigenvalue weighted by Gasteiger charge is 2.29. The Balaban J connectivity index is 2.15. The smallest absolute Gasteiger partial charge is 0.289 e. The Morgan fingerprint density at radius 3 is 2.14 bits per heavy atom. The Labute approximate surface area is 118 Å². The molecule has 0 aliphatic carbocycles. The van der Waals surface area contributed by atoms with Gasteiger partial charge in [-0.25, -0.2) is 4.39 Å². The number of ketones is 1. The molecule has 0 radical (unpaired) electrons. The Bertz CT molecular complexity index is 669. The number of carbonyl (C=O) groups is 1. The van der Waals surface area contributed by atoms with Gasteiger partial charge in [0.15, 0.2) is 5.78 Å². The molecule has 0 N–H and O–H groups in total. The van der Waals surface area contributed by atoms with Crippen LogP contribution in [0.2, 0.25) is 0 Å². The summed E-state index contributed by atoms with van der Waals surface area (Å²) in [6, 6.07) is 9.84. The van der Waals surface area contributed by atoms with Gasteiger partial charge in [0.05, 0.1) is 11.1 Å². The van der Waals surface area contributed by atoms with Gasteiger partial charge in [0.1, 0.15) is 5.82 Å². The van der Waals surface area contributed by atoms with Crippen molar-refractivity contribution in [2.24, 2.45) is 0 Å². The zero-order valence-electron chi connectivity index (χ0n) is 10.7. The summed E-state index contributed by atoms with van der Waals surface area (Å²) >= 11 is 0. The van der Waals surface area contributed by atoms with Crippen LogP contribution in [0.15, 0.2) is 54.6 Å². The summed E-state index contributed by atoms with van der Waals surface area (Å²) < 4.78 is 50.5. The van der Waals surface area contributed by atoms with Gasteiger partial charge in [0.2, 0.25) is 0 Å². The maximum absolute atomic E-state index is 13.4. The van der Waals surface area contributed by atoms with Crippen LogP contribution in [0.25, 0.3) is 6.08 Å². The van der Waals surface area contributed by atoms with E-state index in [9.17, 15) is 22.4 Å². The fourth-order valence-corrected chi connectivity index (χ4v) is 1.71. The van der Waals surface area contributed by atoms with E-state index in [1.54, 1.807) is 0 Å². The Kier molecular flexibility index (Phi) is 4.21. The molecule has 2 rings (SSSR count). The fraction of sp³-hybridized carbons (Fsp3) is 0.0625. The van der Waals surface area contributed by atoms with Gasteiger partial charge in [0, 0.05) is 0 Å². The van der Waals surface area contributed by atoms with Crippen LogP contribution >= 0.6 is 0 Å². The molecule has 0 atom stereocenters. The van der Waals surface area contributed by atoms with Crippen LogP contribution in [0.5, 0.6) is 0 Å². The lowest BCUT2D eigenvalue weighted by Gasteiger charge is -2.05. The van der Waals surface area contributed by atoms with Crippen molar-refractivity contribution >= 4 is 11.9 Å². The van der Waals surface area contributed by atoms with Crippen molar-refractivity contribution in [1.29, 1.82) is 0 Å². The third-order valence-electron chi connectivity index (χ3n) is 2.80. The zero-order chi connectivity index (χ0) is 15.5. The van der Waals surface area contributed by atoms with Crippen molar-refractivity contribution in [2.45, 2.75) is 6.18 Å². The van der Waals surface area contributed by atoms with Crippen LogP contribution in [0.4, 0.5) is 17.6 Å². The topological polar surface area (TPSA) is 17.1 Å². The minimum atomic E-state index is -4.40. The van der Waals surface area contributed by atoms with Crippen LogP contribution < -0.4 is 0 Å². The third-order valence-corrected chi connectivity index (χ3v) is 2.80. The molecule has 0 saturated heterocycles. The van der Waals surface area contributed by atoms with Crippen LogP contribution in [-0.4, -0.2) is 5.78 Å². The molecule has 5 heteroatoms. The highest BCUT2D eigenvalue weighted by molar-refractivity contribution is 6.06. The van der Waals surface area contributed by atoms with Gasteiger partial charge in [-0.15, -0.1) is 0 Å². The second kappa shape index (κ2) is 5.91. The summed E-state index contributed by atoms with van der Waals surface area (Å²) in [5, 5.41) is 0. The van der Waals surface area contributed by atoms with E-state index in [4.69, 9.17) is 0 Å². The summed E-state index contributed by atoms with van der Waals surface area (Å²) in [4.78, 5) is 11.8. The third kappa shape index (κ3) is 3.78. The van der Waals surface area contributed by atoms with Gasteiger partial charge in [-0.05, 0) is 35.9 Å². The Morgan fingerprint density at radius 1 is 0.952 bits per heavy atom. The molecule has 108 valence electrons. The van der Waals surface area contributed by atoms with Gasteiger partial charge in [-0.2, -0.15) is 13.2 Å². The van der Waals surface area contributed by atoms with E-state index < -0.39 is 23.3 Å². The van der Waals surface area contributed by atoms with Gasteiger partial charge in [-0.1, -0.05) is 30.3 Å². The molecule has 0 saturated carbocycles. The molecule has 0 aromatic heterocycles. The maximum Gasteiger partial charge on any atom is 0.416 e. The number of hydrogen-bond acceptors (Lipinski definition) is 1. The average Bonchev–Trinajstić information content (AvgIpc) is 2.45. The molecule has 0 aliphatic rings. The van der Waals surface area contributed by atoms with Crippen LogP contribution in [0.1, 0.15) is 21.5 Å². The van der Waals surface area contributed by atoms with Crippen molar-refractivity contribution in [3.63, 3.8) is 0 Å². The first kappa shape index (κ1) is 15.0.